The van der Waals surface area contributed by atoms with Crippen molar-refractivity contribution >= 4 is 17.7 Å². The van der Waals surface area contributed by atoms with Gasteiger partial charge in [-0.3, -0.25) is 9.78 Å². The maximum absolute atomic E-state index is 12.0. The van der Waals surface area contributed by atoms with Gasteiger partial charge in [0.05, 0.1) is 5.75 Å². The maximum atomic E-state index is 12.0. The fourth-order valence-corrected chi connectivity index (χ4v) is 3.53. The number of pyridine rings is 1. The van der Waals surface area contributed by atoms with E-state index in [1.807, 2.05) is 48.1 Å². The molecular weight excluding hydrogens is 308 g/mol. The predicted molar refractivity (Wildman–Crippen MR) is 92.5 cm³/mol. The molecule has 0 atom stereocenters. The minimum Gasteiger partial charge on any atom is -0.342 e. The largest absolute Gasteiger partial charge is 0.342 e. The second kappa shape index (κ2) is 7.64. The molecule has 1 aliphatic heterocycles. The number of rotatable bonds is 5. The lowest BCUT2D eigenvalue weighted by Crippen LogP contribution is -2.39. The van der Waals surface area contributed by atoms with Gasteiger partial charge in [-0.1, -0.05) is 0 Å². The summed E-state index contributed by atoms with van der Waals surface area (Å²) < 4.78 is 2.22. The van der Waals surface area contributed by atoms with Gasteiger partial charge in [0.1, 0.15) is 5.82 Å². The average molecular weight is 330 g/mol. The zero-order valence-electron chi connectivity index (χ0n) is 13.4. The van der Waals surface area contributed by atoms with Crippen LogP contribution < -0.4 is 0 Å². The molecule has 23 heavy (non-hydrogen) atoms. The molecule has 122 valence electrons. The fourth-order valence-electron chi connectivity index (χ4n) is 3.10. The monoisotopic (exact) mass is 330 g/mol. The van der Waals surface area contributed by atoms with E-state index in [-0.39, 0.29) is 5.91 Å². The van der Waals surface area contributed by atoms with Gasteiger partial charge in [-0.05, 0) is 36.8 Å². The molecule has 3 rings (SSSR count). The Morgan fingerprint density at radius 2 is 2.00 bits per heavy atom. The minimum absolute atomic E-state index is 0.260. The van der Waals surface area contributed by atoms with Gasteiger partial charge in [0.25, 0.3) is 0 Å². The number of aromatic nitrogens is 3. The molecule has 3 heterocycles. The third-order valence-electron chi connectivity index (χ3n) is 4.33. The summed E-state index contributed by atoms with van der Waals surface area (Å²) in [7, 11) is 0. The normalized spacial score (nSPS) is 15.8. The molecule has 1 aliphatic rings. The Hall–Kier alpha value is -1.82. The van der Waals surface area contributed by atoms with Crippen LogP contribution in [0.25, 0.3) is 0 Å². The maximum Gasteiger partial charge on any atom is 0.232 e. The van der Waals surface area contributed by atoms with E-state index in [0.29, 0.717) is 11.7 Å². The lowest BCUT2D eigenvalue weighted by atomic mass is 9.96. The van der Waals surface area contributed by atoms with Crippen LogP contribution in [0.1, 0.15) is 30.1 Å². The molecule has 1 fully saturated rings. The van der Waals surface area contributed by atoms with Crippen molar-refractivity contribution in [3.63, 3.8) is 0 Å². The molecule has 2 aromatic heterocycles. The number of imidazole rings is 1. The van der Waals surface area contributed by atoms with Crippen molar-refractivity contribution in [1.82, 2.24) is 19.4 Å². The van der Waals surface area contributed by atoms with Crippen LogP contribution in [-0.2, 0) is 11.3 Å². The smallest absolute Gasteiger partial charge is 0.232 e. The highest BCUT2D eigenvalue weighted by atomic mass is 32.2. The third kappa shape index (κ3) is 3.93. The van der Waals surface area contributed by atoms with E-state index >= 15 is 0 Å². The molecule has 0 N–H and O–H groups in total. The van der Waals surface area contributed by atoms with Gasteiger partial charge in [0.2, 0.25) is 5.91 Å². The summed E-state index contributed by atoms with van der Waals surface area (Å²) >= 11 is 1.59. The zero-order chi connectivity index (χ0) is 16.1. The first-order valence-electron chi connectivity index (χ1n) is 7.94. The Labute approximate surface area is 141 Å². The van der Waals surface area contributed by atoms with Crippen LogP contribution in [0.5, 0.6) is 0 Å². The summed E-state index contributed by atoms with van der Waals surface area (Å²) in [5, 5.41) is 0. The van der Waals surface area contributed by atoms with Gasteiger partial charge >= 0.3 is 0 Å². The summed E-state index contributed by atoms with van der Waals surface area (Å²) in [6.45, 7) is 2.50. The van der Waals surface area contributed by atoms with E-state index < -0.39 is 0 Å². The first kappa shape index (κ1) is 16.1. The molecule has 0 aromatic carbocycles. The van der Waals surface area contributed by atoms with Gasteiger partial charge < -0.3 is 9.47 Å². The van der Waals surface area contributed by atoms with Crippen molar-refractivity contribution in [3.05, 3.63) is 48.3 Å². The molecule has 0 aliphatic carbocycles. The highest BCUT2D eigenvalue weighted by Crippen LogP contribution is 2.27. The van der Waals surface area contributed by atoms with Crippen molar-refractivity contribution in [2.45, 2.75) is 25.3 Å². The van der Waals surface area contributed by atoms with E-state index in [4.69, 9.17) is 0 Å². The predicted octanol–water partition coefficient (Wildman–Crippen LogP) is 2.40. The van der Waals surface area contributed by atoms with Crippen LogP contribution in [0.4, 0.5) is 0 Å². The number of amides is 1. The van der Waals surface area contributed by atoms with E-state index in [1.165, 1.54) is 5.56 Å². The van der Waals surface area contributed by atoms with Crippen molar-refractivity contribution < 1.29 is 4.79 Å². The van der Waals surface area contributed by atoms with Crippen LogP contribution in [0, 0.1) is 0 Å². The van der Waals surface area contributed by atoms with Crippen molar-refractivity contribution in [2.75, 3.05) is 25.1 Å². The van der Waals surface area contributed by atoms with E-state index in [1.54, 1.807) is 11.8 Å². The molecule has 5 nitrogen and oxygen atoms in total. The van der Waals surface area contributed by atoms with Crippen molar-refractivity contribution in [2.24, 2.45) is 0 Å². The summed E-state index contributed by atoms with van der Waals surface area (Å²) in [4.78, 5) is 22.6. The minimum atomic E-state index is 0.260. The van der Waals surface area contributed by atoms with Gasteiger partial charge in [0.15, 0.2) is 0 Å². The summed E-state index contributed by atoms with van der Waals surface area (Å²) in [5.41, 5.74) is 1.23. The molecule has 0 spiro atoms. The Morgan fingerprint density at radius 3 is 2.70 bits per heavy atom. The lowest BCUT2D eigenvalue weighted by molar-refractivity contribution is -0.129. The van der Waals surface area contributed by atoms with Gasteiger partial charge in [0, 0.05) is 50.3 Å². The van der Waals surface area contributed by atoms with Crippen LogP contribution >= 0.6 is 11.8 Å². The highest BCUT2D eigenvalue weighted by Gasteiger charge is 2.26. The molecule has 1 amide bonds. The molecule has 0 unspecified atom stereocenters. The standard InChI is InChI=1S/C17H22N4OS/c1-23-13-16(22)20-9-4-15(5-10-20)17-19-8-11-21(17)12-14-2-6-18-7-3-14/h2-3,6-8,11,15H,4-5,9-10,12-13H2,1H3. The highest BCUT2D eigenvalue weighted by molar-refractivity contribution is 7.99. The van der Waals surface area contributed by atoms with Crippen LogP contribution in [0.3, 0.4) is 0 Å². The van der Waals surface area contributed by atoms with Crippen LogP contribution in [-0.4, -0.2) is 50.4 Å². The van der Waals surface area contributed by atoms with Crippen molar-refractivity contribution in [1.29, 1.82) is 0 Å². The Kier molecular flexibility index (Phi) is 5.33. The molecule has 0 bridgehead atoms. The number of hydrogen-bond donors (Lipinski definition) is 0. The van der Waals surface area contributed by atoms with E-state index in [2.05, 4.69) is 14.5 Å². The topological polar surface area (TPSA) is 51.0 Å². The second-order valence-corrected chi connectivity index (χ2v) is 6.72. The van der Waals surface area contributed by atoms with Gasteiger partial charge in [-0.25, -0.2) is 4.98 Å². The number of carbonyl (C=O) groups is 1. The zero-order valence-corrected chi connectivity index (χ0v) is 14.2. The first-order chi connectivity index (χ1) is 11.3. The SMILES string of the molecule is CSCC(=O)N1CCC(c2nccn2Cc2ccncc2)CC1. The second-order valence-electron chi connectivity index (χ2n) is 5.86. The number of hydrogen-bond acceptors (Lipinski definition) is 4. The number of thioether (sulfide) groups is 1. The van der Waals surface area contributed by atoms with Gasteiger partial charge in [-0.2, -0.15) is 11.8 Å². The van der Waals surface area contributed by atoms with E-state index in [9.17, 15) is 4.79 Å². The van der Waals surface area contributed by atoms with E-state index in [0.717, 1.165) is 38.3 Å². The Morgan fingerprint density at radius 1 is 1.26 bits per heavy atom. The van der Waals surface area contributed by atoms with Gasteiger partial charge in [-0.15, -0.1) is 0 Å². The Bertz CT molecular complexity index is 635. The molecule has 6 heteroatoms. The average Bonchev–Trinajstić information content (AvgIpc) is 3.04. The lowest BCUT2D eigenvalue weighted by Gasteiger charge is -2.32. The summed E-state index contributed by atoms with van der Waals surface area (Å²) in [5.74, 6) is 2.42. The molecule has 0 saturated carbocycles. The molecule has 1 saturated heterocycles. The first-order valence-corrected chi connectivity index (χ1v) is 9.34. The Balaban J connectivity index is 1.63. The number of carbonyl (C=O) groups excluding carboxylic acids is 1. The third-order valence-corrected chi connectivity index (χ3v) is 4.87. The summed E-state index contributed by atoms with van der Waals surface area (Å²) in [6.07, 6.45) is 11.5. The van der Waals surface area contributed by atoms with Crippen LogP contribution in [0.15, 0.2) is 36.9 Å². The molecular formula is C17H22N4OS. The van der Waals surface area contributed by atoms with Crippen molar-refractivity contribution in [3.8, 4) is 0 Å². The quantitative estimate of drug-likeness (QED) is 0.845. The fraction of sp³-hybridized carbons (Fsp3) is 0.471. The molecule has 2 aromatic rings. The summed E-state index contributed by atoms with van der Waals surface area (Å²) in [6, 6.07) is 4.07. The molecule has 0 radical (unpaired) electrons. The number of likely N-dealkylation sites (tertiary alicyclic amines) is 1. The number of piperidine rings is 1. The van der Waals surface area contributed by atoms with Crippen LogP contribution in [0.2, 0.25) is 0 Å². The number of nitrogens with zero attached hydrogens (tertiary/aromatic N) is 4.